The van der Waals surface area contributed by atoms with Crippen LogP contribution in [0, 0.1) is 0 Å². The second-order valence-electron chi connectivity index (χ2n) is 10.9. The van der Waals surface area contributed by atoms with E-state index in [0.29, 0.717) is 29.5 Å². The van der Waals surface area contributed by atoms with Crippen molar-refractivity contribution in [3.8, 4) is 39.5 Å². The Bertz CT molecular complexity index is 1680. The van der Waals surface area contributed by atoms with Gasteiger partial charge in [0.15, 0.2) is 5.58 Å². The first-order chi connectivity index (χ1) is 18.3. The molecular formula is C33H30N2O3. The summed E-state index contributed by atoms with van der Waals surface area (Å²) >= 11 is 0. The Morgan fingerprint density at radius 3 is 2.24 bits per heavy atom. The zero-order valence-electron chi connectivity index (χ0n) is 22.0. The number of ether oxygens (including phenoxy) is 1. The maximum absolute atomic E-state index is 11.4. The number of aromatic nitrogens is 1. The van der Waals surface area contributed by atoms with Gasteiger partial charge in [-0.3, -0.25) is 0 Å². The summed E-state index contributed by atoms with van der Waals surface area (Å²) in [7, 11) is 0. The highest BCUT2D eigenvalue weighted by molar-refractivity contribution is 5.98. The third-order valence-electron chi connectivity index (χ3n) is 6.93. The number of hydrogen-bond donors (Lipinski definition) is 1. The second kappa shape index (κ2) is 9.18. The highest BCUT2D eigenvalue weighted by atomic mass is 16.5. The standard InChI is InChI=1S/C33H30N2O3/c1-20-19-37-31(34-20)23-13-8-12-22(16-23)25-14-9-15-28-29(25)35-32(38-28)27-18-24(33(2,3)4)17-26(30(27)36)21-10-6-5-7-11-21/h5-18,20,36H,19H2,1-4H3/t20-/m0/s1. The average molecular weight is 503 g/mol. The quantitative estimate of drug-likeness (QED) is 0.270. The fraction of sp³-hybridized carbons (Fsp3) is 0.212. The Balaban J connectivity index is 1.50. The van der Waals surface area contributed by atoms with Gasteiger partial charge < -0.3 is 14.3 Å². The van der Waals surface area contributed by atoms with Gasteiger partial charge in [-0.1, -0.05) is 75.4 Å². The van der Waals surface area contributed by atoms with Gasteiger partial charge in [-0.2, -0.15) is 0 Å². The van der Waals surface area contributed by atoms with Crippen LogP contribution >= 0.6 is 0 Å². The molecule has 1 atom stereocenters. The first kappa shape index (κ1) is 24.0. The molecule has 2 heterocycles. The van der Waals surface area contributed by atoms with Crippen LogP contribution in [0.1, 0.15) is 38.8 Å². The van der Waals surface area contributed by atoms with Crippen LogP contribution in [0.4, 0.5) is 0 Å². The van der Waals surface area contributed by atoms with E-state index in [0.717, 1.165) is 38.9 Å². The van der Waals surface area contributed by atoms with Crippen molar-refractivity contribution in [2.75, 3.05) is 6.61 Å². The molecule has 5 nitrogen and oxygen atoms in total. The lowest BCUT2D eigenvalue weighted by atomic mass is 9.83. The molecule has 6 rings (SSSR count). The van der Waals surface area contributed by atoms with Gasteiger partial charge in [0, 0.05) is 16.7 Å². The number of nitrogens with zero attached hydrogens (tertiary/aromatic N) is 2. The molecule has 190 valence electrons. The van der Waals surface area contributed by atoms with E-state index in [1.54, 1.807) is 0 Å². The van der Waals surface area contributed by atoms with Crippen LogP contribution in [0.2, 0.25) is 0 Å². The Morgan fingerprint density at radius 2 is 1.50 bits per heavy atom. The monoisotopic (exact) mass is 502 g/mol. The molecule has 0 bridgehead atoms. The van der Waals surface area contributed by atoms with E-state index < -0.39 is 0 Å². The number of oxazole rings is 1. The number of hydrogen-bond acceptors (Lipinski definition) is 5. The van der Waals surface area contributed by atoms with Crippen LogP contribution < -0.4 is 0 Å². The van der Waals surface area contributed by atoms with Crippen LogP contribution in [-0.2, 0) is 10.2 Å². The van der Waals surface area contributed by atoms with E-state index >= 15 is 0 Å². The van der Waals surface area contributed by atoms with Gasteiger partial charge in [-0.05, 0) is 59.4 Å². The molecule has 0 saturated heterocycles. The van der Waals surface area contributed by atoms with E-state index in [2.05, 4.69) is 44.0 Å². The van der Waals surface area contributed by atoms with Crippen LogP contribution in [0.25, 0.3) is 44.8 Å². The minimum atomic E-state index is -0.133. The van der Waals surface area contributed by atoms with Crippen LogP contribution in [-0.4, -0.2) is 28.6 Å². The number of para-hydroxylation sites is 1. The Morgan fingerprint density at radius 1 is 0.789 bits per heavy atom. The lowest BCUT2D eigenvalue weighted by Gasteiger charge is -2.22. The summed E-state index contributed by atoms with van der Waals surface area (Å²) < 4.78 is 12.1. The molecule has 1 aliphatic heterocycles. The van der Waals surface area contributed by atoms with Gasteiger partial charge in [0.05, 0.1) is 11.6 Å². The molecule has 5 aromatic rings. The molecule has 5 heteroatoms. The topological polar surface area (TPSA) is 67.8 Å². The van der Waals surface area contributed by atoms with Gasteiger partial charge in [0.2, 0.25) is 11.8 Å². The van der Waals surface area contributed by atoms with E-state index in [4.69, 9.17) is 14.1 Å². The van der Waals surface area contributed by atoms with Crippen LogP contribution in [0.3, 0.4) is 0 Å². The maximum atomic E-state index is 11.4. The highest BCUT2D eigenvalue weighted by Crippen LogP contribution is 2.43. The summed E-state index contributed by atoms with van der Waals surface area (Å²) in [4.78, 5) is 9.53. The van der Waals surface area contributed by atoms with Gasteiger partial charge in [0.1, 0.15) is 17.9 Å². The Kier molecular flexibility index (Phi) is 5.79. The molecule has 38 heavy (non-hydrogen) atoms. The Hall–Kier alpha value is -4.38. The van der Waals surface area contributed by atoms with Crippen molar-refractivity contribution in [2.24, 2.45) is 4.99 Å². The van der Waals surface area contributed by atoms with Crippen molar-refractivity contribution in [3.63, 3.8) is 0 Å². The Labute approximate surface area is 222 Å². The minimum Gasteiger partial charge on any atom is -0.506 e. The predicted molar refractivity (Wildman–Crippen MR) is 153 cm³/mol. The summed E-state index contributed by atoms with van der Waals surface area (Å²) in [6, 6.07) is 28.2. The lowest BCUT2D eigenvalue weighted by molar-refractivity contribution is 0.324. The summed E-state index contributed by atoms with van der Waals surface area (Å²) in [6.07, 6.45) is 0. The minimum absolute atomic E-state index is 0.133. The number of benzene rings is 4. The molecule has 0 radical (unpaired) electrons. The average Bonchev–Trinajstić information content (AvgIpc) is 3.55. The smallest absolute Gasteiger partial charge is 0.231 e. The molecule has 0 aliphatic carbocycles. The number of rotatable bonds is 4. The first-order valence-corrected chi connectivity index (χ1v) is 12.9. The van der Waals surface area contributed by atoms with Crippen molar-refractivity contribution in [2.45, 2.75) is 39.2 Å². The third kappa shape index (κ3) is 4.34. The lowest BCUT2D eigenvalue weighted by Crippen LogP contribution is -2.11. The van der Waals surface area contributed by atoms with Crippen molar-refractivity contribution in [1.82, 2.24) is 4.98 Å². The van der Waals surface area contributed by atoms with E-state index in [1.165, 1.54) is 0 Å². The fourth-order valence-electron chi connectivity index (χ4n) is 4.82. The molecule has 1 aliphatic rings. The van der Waals surface area contributed by atoms with Gasteiger partial charge in [-0.15, -0.1) is 0 Å². The zero-order chi connectivity index (χ0) is 26.4. The molecule has 0 unspecified atom stereocenters. The number of phenols is 1. The molecular weight excluding hydrogens is 472 g/mol. The van der Waals surface area contributed by atoms with Crippen molar-refractivity contribution < 1.29 is 14.3 Å². The molecule has 0 spiro atoms. The largest absolute Gasteiger partial charge is 0.506 e. The van der Waals surface area contributed by atoms with Gasteiger partial charge in [-0.25, -0.2) is 9.98 Å². The van der Waals surface area contributed by atoms with Gasteiger partial charge >= 0.3 is 0 Å². The normalized spacial score (nSPS) is 15.5. The number of aromatic hydroxyl groups is 1. The molecule has 0 saturated carbocycles. The number of phenolic OH excluding ortho intramolecular Hbond substituents is 1. The molecule has 0 fully saturated rings. The zero-order valence-corrected chi connectivity index (χ0v) is 22.0. The van der Waals surface area contributed by atoms with E-state index in [9.17, 15) is 5.11 Å². The van der Waals surface area contributed by atoms with Crippen molar-refractivity contribution in [3.05, 3.63) is 96.1 Å². The van der Waals surface area contributed by atoms with Gasteiger partial charge in [0.25, 0.3) is 0 Å². The molecule has 1 aromatic heterocycles. The highest BCUT2D eigenvalue weighted by Gasteiger charge is 2.24. The third-order valence-corrected chi connectivity index (χ3v) is 6.93. The van der Waals surface area contributed by atoms with E-state index in [1.807, 2.05) is 73.7 Å². The summed E-state index contributed by atoms with van der Waals surface area (Å²) in [5, 5.41) is 11.4. The number of fused-ring (bicyclic) bond motifs is 1. The predicted octanol–water partition coefficient (Wildman–Crippen LogP) is 8.00. The summed E-state index contributed by atoms with van der Waals surface area (Å²) in [5.74, 6) is 1.22. The second-order valence-corrected chi connectivity index (χ2v) is 10.9. The summed E-state index contributed by atoms with van der Waals surface area (Å²) in [5.41, 5.74) is 7.52. The molecule has 4 aromatic carbocycles. The molecule has 0 amide bonds. The van der Waals surface area contributed by atoms with Crippen molar-refractivity contribution in [1.29, 1.82) is 0 Å². The van der Waals surface area contributed by atoms with Crippen LogP contribution in [0.5, 0.6) is 5.75 Å². The SMILES string of the molecule is C[C@H]1COC(c2cccc(-c3cccc4oc(-c5cc(C(C)(C)C)cc(-c6ccccc6)c5O)nc34)c2)=N1. The first-order valence-electron chi connectivity index (χ1n) is 12.9. The van der Waals surface area contributed by atoms with E-state index in [-0.39, 0.29) is 17.2 Å². The van der Waals surface area contributed by atoms with Crippen LogP contribution in [0.15, 0.2) is 94.3 Å². The van der Waals surface area contributed by atoms with Crippen molar-refractivity contribution >= 4 is 17.0 Å². The number of aliphatic imine (C=N–C) groups is 1. The fourth-order valence-corrected chi connectivity index (χ4v) is 4.82. The molecule has 1 N–H and O–H groups in total. The maximum Gasteiger partial charge on any atom is 0.231 e. The summed E-state index contributed by atoms with van der Waals surface area (Å²) in [6.45, 7) is 9.13.